The van der Waals surface area contributed by atoms with Gasteiger partial charge in [0.1, 0.15) is 0 Å². The second kappa shape index (κ2) is 4.71. The molecule has 0 spiro atoms. The number of rotatable bonds is 1. The van der Waals surface area contributed by atoms with Crippen molar-refractivity contribution in [3.63, 3.8) is 0 Å². The Labute approximate surface area is 117 Å². The minimum Gasteiger partial charge on any atom is -0.305 e. The summed E-state index contributed by atoms with van der Waals surface area (Å²) in [4.78, 5) is 14.5. The van der Waals surface area contributed by atoms with Crippen molar-refractivity contribution in [2.45, 2.75) is 19.4 Å². The monoisotopic (exact) mass is 271 g/mol. The molecule has 2 aromatic rings. The van der Waals surface area contributed by atoms with Crippen molar-refractivity contribution in [2.75, 3.05) is 4.90 Å². The molecule has 0 aliphatic carbocycles. The van der Waals surface area contributed by atoms with Crippen LogP contribution in [0.3, 0.4) is 0 Å². The molecule has 3 rings (SSSR count). The zero-order valence-electron chi connectivity index (χ0n) is 10.6. The molecule has 2 aromatic carbocycles. The lowest BCUT2D eigenvalue weighted by Gasteiger charge is -2.23. The number of halogens is 1. The Balaban J connectivity index is 2.03. The van der Waals surface area contributed by atoms with Gasteiger partial charge in [-0.25, -0.2) is 0 Å². The van der Waals surface area contributed by atoms with Crippen LogP contribution >= 0.6 is 11.6 Å². The Morgan fingerprint density at radius 2 is 1.84 bits per heavy atom. The van der Waals surface area contributed by atoms with Crippen LogP contribution < -0.4 is 4.90 Å². The molecule has 1 aliphatic heterocycles. The molecule has 3 heteroatoms. The van der Waals surface area contributed by atoms with Crippen molar-refractivity contribution in [1.29, 1.82) is 0 Å². The van der Waals surface area contributed by atoms with Gasteiger partial charge < -0.3 is 4.90 Å². The lowest BCUT2D eigenvalue weighted by Crippen LogP contribution is -2.35. The van der Waals surface area contributed by atoms with Gasteiger partial charge in [-0.1, -0.05) is 41.9 Å². The van der Waals surface area contributed by atoms with E-state index < -0.39 is 0 Å². The molecular formula is C16H14ClNO. The second-order valence-corrected chi connectivity index (χ2v) is 5.24. The molecule has 0 fully saturated rings. The summed E-state index contributed by atoms with van der Waals surface area (Å²) >= 11 is 6.12. The van der Waals surface area contributed by atoms with Crippen molar-refractivity contribution >= 4 is 23.2 Å². The third-order valence-corrected chi connectivity index (χ3v) is 3.86. The lowest BCUT2D eigenvalue weighted by atomic mass is 10.1. The molecule has 1 atom stereocenters. The molecule has 0 bridgehead atoms. The highest BCUT2D eigenvalue weighted by Crippen LogP contribution is 2.33. The Bertz CT molecular complexity index is 638. The normalized spacial score (nSPS) is 17.4. The van der Waals surface area contributed by atoms with Crippen LogP contribution in [0, 0.1) is 0 Å². The Morgan fingerprint density at radius 1 is 1.16 bits per heavy atom. The van der Waals surface area contributed by atoms with Gasteiger partial charge in [-0.15, -0.1) is 0 Å². The largest absolute Gasteiger partial charge is 0.305 e. The van der Waals surface area contributed by atoms with Crippen LogP contribution in [-0.4, -0.2) is 11.9 Å². The molecule has 0 radical (unpaired) electrons. The van der Waals surface area contributed by atoms with Gasteiger partial charge in [0.05, 0.1) is 10.6 Å². The maximum Gasteiger partial charge on any atom is 0.260 e. The highest BCUT2D eigenvalue weighted by Gasteiger charge is 2.31. The van der Waals surface area contributed by atoms with Crippen molar-refractivity contribution in [1.82, 2.24) is 0 Å². The Kier molecular flexibility index (Phi) is 3.03. The summed E-state index contributed by atoms with van der Waals surface area (Å²) in [6.45, 7) is 2.06. The number of carbonyl (C=O) groups is 1. The number of anilines is 1. The molecule has 1 aliphatic rings. The second-order valence-electron chi connectivity index (χ2n) is 4.84. The van der Waals surface area contributed by atoms with Gasteiger partial charge in [0.15, 0.2) is 0 Å². The molecule has 0 N–H and O–H groups in total. The van der Waals surface area contributed by atoms with Gasteiger partial charge in [0.2, 0.25) is 0 Å². The van der Waals surface area contributed by atoms with Crippen molar-refractivity contribution in [3.05, 3.63) is 64.7 Å². The van der Waals surface area contributed by atoms with E-state index in [1.54, 1.807) is 12.1 Å². The van der Waals surface area contributed by atoms with Gasteiger partial charge in [-0.05, 0) is 37.1 Å². The molecule has 0 aromatic heterocycles. The van der Waals surface area contributed by atoms with Crippen LogP contribution in [-0.2, 0) is 6.42 Å². The Morgan fingerprint density at radius 3 is 2.63 bits per heavy atom. The third kappa shape index (κ3) is 2.02. The van der Waals surface area contributed by atoms with Crippen LogP contribution in [0.2, 0.25) is 5.02 Å². The first-order chi connectivity index (χ1) is 9.18. The van der Waals surface area contributed by atoms with E-state index in [4.69, 9.17) is 11.6 Å². The fourth-order valence-electron chi connectivity index (χ4n) is 2.64. The highest BCUT2D eigenvalue weighted by atomic mass is 35.5. The fraction of sp³-hybridized carbons (Fsp3) is 0.188. The standard InChI is InChI=1S/C16H14ClNO/c1-11-10-12-6-2-5-9-15(12)18(11)16(19)13-7-3-4-8-14(13)17/h2-9,11H,10H2,1H3/t11-/m1/s1. The number of carbonyl (C=O) groups excluding carboxylic acids is 1. The van der Waals surface area contributed by atoms with Crippen LogP contribution in [0.4, 0.5) is 5.69 Å². The van der Waals surface area contributed by atoms with Gasteiger partial charge in [-0.3, -0.25) is 4.79 Å². The molecule has 0 saturated heterocycles. The third-order valence-electron chi connectivity index (χ3n) is 3.53. The number of hydrogen-bond acceptors (Lipinski definition) is 1. The van der Waals surface area contributed by atoms with Crippen LogP contribution in [0.25, 0.3) is 0 Å². The predicted molar refractivity (Wildman–Crippen MR) is 77.9 cm³/mol. The van der Waals surface area contributed by atoms with E-state index >= 15 is 0 Å². The smallest absolute Gasteiger partial charge is 0.260 e. The summed E-state index contributed by atoms with van der Waals surface area (Å²) in [6.07, 6.45) is 0.895. The average Bonchev–Trinajstić information content (AvgIpc) is 2.74. The van der Waals surface area contributed by atoms with Crippen molar-refractivity contribution < 1.29 is 4.79 Å². The predicted octanol–water partition coefficient (Wildman–Crippen LogP) is 3.93. The van der Waals surface area contributed by atoms with Crippen LogP contribution in [0.5, 0.6) is 0 Å². The number of amides is 1. The minimum atomic E-state index is -0.0250. The Hall–Kier alpha value is -1.80. The summed E-state index contributed by atoms with van der Waals surface area (Å²) in [5.41, 5.74) is 2.78. The zero-order valence-corrected chi connectivity index (χ0v) is 11.4. The summed E-state index contributed by atoms with van der Waals surface area (Å²) in [5, 5.41) is 0.504. The van der Waals surface area contributed by atoms with E-state index in [1.165, 1.54) is 5.56 Å². The molecule has 0 unspecified atom stereocenters. The first kappa shape index (κ1) is 12.2. The molecule has 1 amide bonds. The van der Waals surface area contributed by atoms with E-state index in [0.29, 0.717) is 10.6 Å². The summed E-state index contributed by atoms with van der Waals surface area (Å²) in [7, 11) is 0. The van der Waals surface area contributed by atoms with Crippen molar-refractivity contribution in [2.24, 2.45) is 0 Å². The lowest BCUT2D eigenvalue weighted by molar-refractivity contribution is 0.0981. The van der Waals surface area contributed by atoms with Crippen LogP contribution in [0.1, 0.15) is 22.8 Å². The van der Waals surface area contributed by atoms with Gasteiger partial charge in [0.25, 0.3) is 5.91 Å². The first-order valence-electron chi connectivity index (χ1n) is 6.34. The number of hydrogen-bond donors (Lipinski definition) is 0. The minimum absolute atomic E-state index is 0.0250. The number of fused-ring (bicyclic) bond motifs is 1. The fourth-order valence-corrected chi connectivity index (χ4v) is 2.86. The maximum atomic E-state index is 12.7. The maximum absolute atomic E-state index is 12.7. The molecule has 0 saturated carbocycles. The number of nitrogens with zero attached hydrogens (tertiary/aromatic N) is 1. The zero-order chi connectivity index (χ0) is 13.4. The van der Waals surface area contributed by atoms with E-state index in [1.807, 2.05) is 35.2 Å². The topological polar surface area (TPSA) is 20.3 Å². The highest BCUT2D eigenvalue weighted by molar-refractivity contribution is 6.34. The van der Waals surface area contributed by atoms with E-state index in [9.17, 15) is 4.79 Å². The molecule has 2 nitrogen and oxygen atoms in total. The molecule has 96 valence electrons. The molecule has 1 heterocycles. The van der Waals surface area contributed by atoms with E-state index in [-0.39, 0.29) is 11.9 Å². The first-order valence-corrected chi connectivity index (χ1v) is 6.72. The van der Waals surface area contributed by atoms with Crippen LogP contribution in [0.15, 0.2) is 48.5 Å². The van der Waals surface area contributed by atoms with E-state index in [2.05, 4.69) is 13.0 Å². The summed E-state index contributed by atoms with van der Waals surface area (Å²) in [6, 6.07) is 15.4. The van der Waals surface area contributed by atoms with Gasteiger partial charge >= 0.3 is 0 Å². The summed E-state index contributed by atoms with van der Waals surface area (Å²) in [5.74, 6) is -0.0250. The average molecular weight is 272 g/mol. The quantitative estimate of drug-likeness (QED) is 0.769. The van der Waals surface area contributed by atoms with Gasteiger partial charge in [-0.2, -0.15) is 0 Å². The van der Waals surface area contributed by atoms with Crippen molar-refractivity contribution in [3.8, 4) is 0 Å². The van der Waals surface area contributed by atoms with Gasteiger partial charge in [0, 0.05) is 11.7 Å². The SMILES string of the molecule is C[C@@H]1Cc2ccccc2N1C(=O)c1ccccc1Cl. The summed E-state index contributed by atoms with van der Waals surface area (Å²) < 4.78 is 0. The van der Waals surface area contributed by atoms with E-state index in [0.717, 1.165) is 12.1 Å². The number of para-hydroxylation sites is 1. The molecule has 19 heavy (non-hydrogen) atoms. The molecular weight excluding hydrogens is 258 g/mol. The number of benzene rings is 2.